The van der Waals surface area contributed by atoms with E-state index in [9.17, 15) is 4.79 Å². The molecule has 1 aromatic heterocycles. The number of likely N-dealkylation sites (tertiary alicyclic amines) is 1. The summed E-state index contributed by atoms with van der Waals surface area (Å²) in [6.45, 7) is 3.64. The van der Waals surface area contributed by atoms with Gasteiger partial charge < -0.3 is 14.1 Å². The lowest BCUT2D eigenvalue weighted by Crippen LogP contribution is -2.35. The van der Waals surface area contributed by atoms with Gasteiger partial charge in [0.25, 0.3) is 0 Å². The van der Waals surface area contributed by atoms with E-state index in [0.717, 1.165) is 47.1 Å². The molecule has 4 nitrogen and oxygen atoms in total. The van der Waals surface area contributed by atoms with Crippen LogP contribution in [0.4, 0.5) is 0 Å². The molecule has 3 aromatic rings. The van der Waals surface area contributed by atoms with Crippen LogP contribution >= 0.6 is 0 Å². The molecule has 4 rings (SSSR count). The molecule has 0 aliphatic carbocycles. The summed E-state index contributed by atoms with van der Waals surface area (Å²) in [6, 6.07) is 14.4. The van der Waals surface area contributed by atoms with Crippen LogP contribution in [0.2, 0.25) is 0 Å². The molecule has 1 amide bonds. The van der Waals surface area contributed by atoms with Crippen LogP contribution < -0.4 is 0 Å². The molecule has 25 heavy (non-hydrogen) atoms. The van der Waals surface area contributed by atoms with Gasteiger partial charge >= 0.3 is 0 Å². The number of ether oxygens (including phenoxy) is 1. The number of para-hydroxylation sites is 1. The topological polar surface area (TPSA) is 42.7 Å². The number of carbonyl (C=O) groups excluding carboxylic acids is 1. The van der Waals surface area contributed by atoms with E-state index >= 15 is 0 Å². The van der Waals surface area contributed by atoms with Crippen LogP contribution in [-0.2, 0) is 16.0 Å². The molecule has 2 heterocycles. The SMILES string of the molecule is COCC1CC(C)N(C(=O)Cc2ccc3oc4ccccc4c3c2)C1. The van der Waals surface area contributed by atoms with Crippen LogP contribution in [0.25, 0.3) is 21.9 Å². The highest BCUT2D eigenvalue weighted by Crippen LogP contribution is 2.30. The molecule has 1 aliphatic rings. The lowest BCUT2D eigenvalue weighted by Gasteiger charge is -2.21. The van der Waals surface area contributed by atoms with Crippen molar-refractivity contribution in [2.75, 3.05) is 20.3 Å². The minimum Gasteiger partial charge on any atom is -0.456 e. The Bertz CT molecular complexity index is 914. The van der Waals surface area contributed by atoms with Gasteiger partial charge in [0.1, 0.15) is 11.2 Å². The first-order valence-electron chi connectivity index (χ1n) is 8.84. The fourth-order valence-electron chi connectivity index (χ4n) is 4.01. The number of rotatable bonds is 4. The number of benzene rings is 2. The third kappa shape index (κ3) is 3.02. The van der Waals surface area contributed by atoms with Crippen molar-refractivity contribution >= 4 is 27.8 Å². The average molecular weight is 337 g/mol. The minimum atomic E-state index is 0.193. The van der Waals surface area contributed by atoms with Gasteiger partial charge in [-0.1, -0.05) is 24.3 Å². The number of fused-ring (bicyclic) bond motifs is 3. The molecule has 1 fully saturated rings. The zero-order chi connectivity index (χ0) is 17.4. The van der Waals surface area contributed by atoms with Gasteiger partial charge in [-0.3, -0.25) is 4.79 Å². The molecule has 0 spiro atoms. The normalized spacial score (nSPS) is 20.6. The first-order valence-corrected chi connectivity index (χ1v) is 8.84. The summed E-state index contributed by atoms with van der Waals surface area (Å²) in [5, 5.41) is 2.18. The van der Waals surface area contributed by atoms with Crippen LogP contribution in [0.5, 0.6) is 0 Å². The van der Waals surface area contributed by atoms with Gasteiger partial charge in [-0.2, -0.15) is 0 Å². The fraction of sp³-hybridized carbons (Fsp3) is 0.381. The van der Waals surface area contributed by atoms with Crippen LogP contribution in [0.3, 0.4) is 0 Å². The molecule has 0 radical (unpaired) electrons. The van der Waals surface area contributed by atoms with E-state index in [4.69, 9.17) is 9.15 Å². The summed E-state index contributed by atoms with van der Waals surface area (Å²) in [4.78, 5) is 14.8. The Morgan fingerprint density at radius 2 is 2.00 bits per heavy atom. The highest BCUT2D eigenvalue weighted by molar-refractivity contribution is 6.05. The summed E-state index contributed by atoms with van der Waals surface area (Å²) in [5.74, 6) is 0.641. The van der Waals surface area contributed by atoms with Crippen molar-refractivity contribution in [3.63, 3.8) is 0 Å². The number of hydrogen-bond donors (Lipinski definition) is 0. The lowest BCUT2D eigenvalue weighted by molar-refractivity contribution is -0.131. The predicted molar refractivity (Wildman–Crippen MR) is 98.6 cm³/mol. The third-order valence-electron chi connectivity index (χ3n) is 5.18. The van der Waals surface area contributed by atoms with Crippen molar-refractivity contribution in [1.29, 1.82) is 0 Å². The van der Waals surface area contributed by atoms with Crippen molar-refractivity contribution in [2.45, 2.75) is 25.8 Å². The first-order chi connectivity index (χ1) is 12.2. The number of furan rings is 1. The minimum absolute atomic E-state index is 0.193. The zero-order valence-corrected chi connectivity index (χ0v) is 14.7. The third-order valence-corrected chi connectivity index (χ3v) is 5.18. The molecule has 2 aromatic carbocycles. The average Bonchev–Trinajstić information content (AvgIpc) is 3.15. The van der Waals surface area contributed by atoms with Crippen LogP contribution in [0.1, 0.15) is 18.9 Å². The second-order valence-corrected chi connectivity index (χ2v) is 7.06. The van der Waals surface area contributed by atoms with Crippen molar-refractivity contribution in [3.05, 3.63) is 48.0 Å². The summed E-state index contributed by atoms with van der Waals surface area (Å²) in [6.07, 6.45) is 1.45. The first kappa shape index (κ1) is 16.2. The number of methoxy groups -OCH3 is 1. The summed E-state index contributed by atoms with van der Waals surface area (Å²) in [5.41, 5.74) is 2.79. The van der Waals surface area contributed by atoms with Gasteiger partial charge in [-0.15, -0.1) is 0 Å². The molecule has 4 heteroatoms. The van der Waals surface area contributed by atoms with Crippen LogP contribution in [0.15, 0.2) is 46.9 Å². The van der Waals surface area contributed by atoms with Crippen LogP contribution in [-0.4, -0.2) is 37.1 Å². The molecule has 0 bridgehead atoms. The Kier molecular flexibility index (Phi) is 4.22. The van der Waals surface area contributed by atoms with E-state index < -0.39 is 0 Å². The number of hydrogen-bond acceptors (Lipinski definition) is 3. The highest BCUT2D eigenvalue weighted by atomic mass is 16.5. The van der Waals surface area contributed by atoms with E-state index in [-0.39, 0.29) is 11.9 Å². The van der Waals surface area contributed by atoms with E-state index in [0.29, 0.717) is 12.3 Å². The Morgan fingerprint density at radius 1 is 1.20 bits per heavy atom. The van der Waals surface area contributed by atoms with E-state index in [2.05, 4.69) is 19.1 Å². The quantitative estimate of drug-likeness (QED) is 0.722. The van der Waals surface area contributed by atoms with E-state index in [1.54, 1.807) is 7.11 Å². The van der Waals surface area contributed by atoms with Crippen molar-refractivity contribution in [2.24, 2.45) is 5.92 Å². The molecule has 1 saturated heterocycles. The largest absolute Gasteiger partial charge is 0.456 e. The maximum Gasteiger partial charge on any atom is 0.227 e. The smallest absolute Gasteiger partial charge is 0.227 e. The zero-order valence-electron chi connectivity index (χ0n) is 14.7. The number of carbonyl (C=O) groups is 1. The van der Waals surface area contributed by atoms with Crippen LogP contribution in [0, 0.1) is 5.92 Å². The maximum absolute atomic E-state index is 12.8. The molecular formula is C21H23NO3. The van der Waals surface area contributed by atoms with E-state index in [1.165, 1.54) is 0 Å². The van der Waals surface area contributed by atoms with Gasteiger partial charge in [-0.25, -0.2) is 0 Å². The van der Waals surface area contributed by atoms with Crippen molar-refractivity contribution < 1.29 is 13.9 Å². The lowest BCUT2D eigenvalue weighted by atomic mass is 10.1. The van der Waals surface area contributed by atoms with E-state index in [1.807, 2.05) is 35.2 Å². The van der Waals surface area contributed by atoms with Gasteiger partial charge in [0, 0.05) is 36.4 Å². The van der Waals surface area contributed by atoms with Gasteiger partial charge in [-0.05, 0) is 37.1 Å². The Morgan fingerprint density at radius 3 is 2.84 bits per heavy atom. The fourth-order valence-corrected chi connectivity index (χ4v) is 4.01. The van der Waals surface area contributed by atoms with Gasteiger partial charge in [0.15, 0.2) is 0 Å². The van der Waals surface area contributed by atoms with Gasteiger partial charge in [0.05, 0.1) is 13.0 Å². The monoisotopic (exact) mass is 337 g/mol. The standard InChI is InChI=1S/C21H23NO3/c1-14-9-16(13-24-2)12-22(14)21(23)11-15-7-8-20-18(10-15)17-5-3-4-6-19(17)25-20/h3-8,10,14,16H,9,11-13H2,1-2H3. The summed E-state index contributed by atoms with van der Waals surface area (Å²) < 4.78 is 11.1. The number of amides is 1. The summed E-state index contributed by atoms with van der Waals surface area (Å²) in [7, 11) is 1.72. The second-order valence-electron chi connectivity index (χ2n) is 7.06. The summed E-state index contributed by atoms with van der Waals surface area (Å²) >= 11 is 0. The second kappa shape index (κ2) is 6.52. The predicted octanol–water partition coefficient (Wildman–Crippen LogP) is 4.01. The molecule has 130 valence electrons. The Labute approximate surface area is 147 Å². The molecule has 1 aliphatic heterocycles. The van der Waals surface area contributed by atoms with Crippen molar-refractivity contribution in [1.82, 2.24) is 4.90 Å². The van der Waals surface area contributed by atoms with Crippen molar-refractivity contribution in [3.8, 4) is 0 Å². The molecule has 0 saturated carbocycles. The molecular weight excluding hydrogens is 314 g/mol. The number of nitrogens with zero attached hydrogens (tertiary/aromatic N) is 1. The Hall–Kier alpha value is -2.33. The molecule has 2 unspecified atom stereocenters. The highest BCUT2D eigenvalue weighted by Gasteiger charge is 2.32. The van der Waals surface area contributed by atoms with Gasteiger partial charge in [0.2, 0.25) is 5.91 Å². The Balaban J connectivity index is 1.56. The molecule has 2 atom stereocenters. The molecule has 0 N–H and O–H groups in total. The maximum atomic E-state index is 12.8.